The molecule has 3 aromatic rings. The van der Waals surface area contributed by atoms with Crippen LogP contribution in [0.2, 0.25) is 0 Å². The smallest absolute Gasteiger partial charge is 0.279 e. The third-order valence-corrected chi connectivity index (χ3v) is 3.95. The summed E-state index contributed by atoms with van der Waals surface area (Å²) in [5.41, 5.74) is 0.646. The van der Waals surface area contributed by atoms with Gasteiger partial charge in [-0.05, 0) is 24.3 Å². The topological polar surface area (TPSA) is 39.2 Å². The maximum Gasteiger partial charge on any atom is 0.279 e. The lowest BCUT2D eigenvalue weighted by molar-refractivity contribution is 0.416. The van der Waals surface area contributed by atoms with Crippen molar-refractivity contribution in [3.63, 3.8) is 0 Å². The Morgan fingerprint density at radius 1 is 1.05 bits per heavy atom. The summed E-state index contributed by atoms with van der Waals surface area (Å²) in [6.45, 7) is 0. The van der Waals surface area contributed by atoms with Crippen LogP contribution >= 0.6 is 11.3 Å². The van der Waals surface area contributed by atoms with Crippen molar-refractivity contribution < 1.29 is 4.74 Å². The van der Waals surface area contributed by atoms with Gasteiger partial charge in [0.05, 0.1) is 18.1 Å². The maximum atomic E-state index is 12.0. The predicted octanol–water partition coefficient (Wildman–Crippen LogP) is 3.33. The SMILES string of the molecule is COc1ccccc1-c1nc(=O)c2ccccc2s1. The Balaban J connectivity index is 2.29. The first kappa shape index (κ1) is 11.9. The maximum absolute atomic E-state index is 12.0. The Bertz CT molecular complexity index is 795. The second-order valence-electron chi connectivity index (χ2n) is 4.02. The quantitative estimate of drug-likeness (QED) is 0.716. The number of aromatic nitrogens is 1. The molecule has 3 nitrogen and oxygen atoms in total. The first-order valence-corrected chi connectivity index (χ1v) is 6.64. The fraction of sp³-hybridized carbons (Fsp3) is 0.0667. The molecule has 0 saturated heterocycles. The largest absolute Gasteiger partial charge is 0.496 e. The molecule has 94 valence electrons. The van der Waals surface area contributed by atoms with Crippen LogP contribution in [0.25, 0.3) is 20.7 Å². The molecule has 0 aliphatic rings. The number of ether oxygens (including phenoxy) is 1. The van der Waals surface area contributed by atoms with Gasteiger partial charge < -0.3 is 4.74 Å². The molecule has 0 amide bonds. The number of rotatable bonds is 2. The van der Waals surface area contributed by atoms with Crippen LogP contribution < -0.4 is 10.3 Å². The minimum atomic E-state index is -0.199. The van der Waals surface area contributed by atoms with E-state index in [0.29, 0.717) is 10.4 Å². The van der Waals surface area contributed by atoms with Gasteiger partial charge in [0.1, 0.15) is 10.8 Å². The molecule has 19 heavy (non-hydrogen) atoms. The highest BCUT2D eigenvalue weighted by Gasteiger charge is 2.10. The Morgan fingerprint density at radius 3 is 2.63 bits per heavy atom. The van der Waals surface area contributed by atoms with Gasteiger partial charge in [-0.2, -0.15) is 4.98 Å². The van der Waals surface area contributed by atoms with Crippen LogP contribution in [0.4, 0.5) is 0 Å². The molecule has 0 fully saturated rings. The van der Waals surface area contributed by atoms with Gasteiger partial charge in [0.15, 0.2) is 0 Å². The minimum Gasteiger partial charge on any atom is -0.496 e. The Labute approximate surface area is 114 Å². The summed E-state index contributed by atoms with van der Waals surface area (Å²) in [6, 6.07) is 15.1. The average molecular weight is 269 g/mol. The molecule has 1 heterocycles. The lowest BCUT2D eigenvalue weighted by atomic mass is 10.2. The molecule has 0 radical (unpaired) electrons. The van der Waals surface area contributed by atoms with E-state index >= 15 is 0 Å². The molecular weight excluding hydrogens is 258 g/mol. The zero-order valence-corrected chi connectivity index (χ0v) is 11.1. The zero-order chi connectivity index (χ0) is 13.2. The van der Waals surface area contributed by atoms with E-state index in [1.54, 1.807) is 13.2 Å². The van der Waals surface area contributed by atoms with Crippen molar-refractivity contribution in [3.8, 4) is 16.3 Å². The van der Waals surface area contributed by atoms with E-state index < -0.39 is 0 Å². The molecule has 0 unspecified atom stereocenters. The number of hydrogen-bond donors (Lipinski definition) is 0. The van der Waals surface area contributed by atoms with Gasteiger partial charge in [0.2, 0.25) is 0 Å². The number of para-hydroxylation sites is 1. The van der Waals surface area contributed by atoms with Crippen LogP contribution in [0.5, 0.6) is 5.75 Å². The van der Waals surface area contributed by atoms with Gasteiger partial charge in [0, 0.05) is 4.70 Å². The lowest BCUT2D eigenvalue weighted by Crippen LogP contribution is -2.06. The molecule has 1 aromatic heterocycles. The molecule has 0 bridgehead atoms. The van der Waals surface area contributed by atoms with Crippen LogP contribution in [-0.2, 0) is 0 Å². The molecule has 0 aliphatic heterocycles. The summed E-state index contributed by atoms with van der Waals surface area (Å²) in [5.74, 6) is 0.723. The van der Waals surface area contributed by atoms with Gasteiger partial charge in [0.25, 0.3) is 5.56 Å². The predicted molar refractivity (Wildman–Crippen MR) is 77.9 cm³/mol. The summed E-state index contributed by atoms with van der Waals surface area (Å²) < 4.78 is 6.25. The molecule has 0 spiro atoms. The van der Waals surface area contributed by atoms with Gasteiger partial charge in [-0.15, -0.1) is 11.3 Å². The first-order chi connectivity index (χ1) is 9.29. The summed E-state index contributed by atoms with van der Waals surface area (Å²) in [6.07, 6.45) is 0. The van der Waals surface area contributed by atoms with E-state index in [4.69, 9.17) is 4.74 Å². The van der Waals surface area contributed by atoms with Crippen molar-refractivity contribution in [3.05, 3.63) is 58.9 Å². The molecule has 0 aliphatic carbocycles. The Hall–Kier alpha value is -2.20. The summed E-state index contributed by atoms with van der Waals surface area (Å²) in [4.78, 5) is 16.2. The highest BCUT2D eigenvalue weighted by atomic mass is 32.1. The van der Waals surface area contributed by atoms with Crippen LogP contribution in [0, 0.1) is 0 Å². The van der Waals surface area contributed by atoms with Crippen molar-refractivity contribution in [1.29, 1.82) is 0 Å². The first-order valence-electron chi connectivity index (χ1n) is 5.83. The molecule has 3 rings (SSSR count). The van der Waals surface area contributed by atoms with E-state index in [0.717, 1.165) is 16.0 Å². The van der Waals surface area contributed by atoms with Gasteiger partial charge in [-0.1, -0.05) is 24.3 Å². The molecular formula is C15H11NO2S. The fourth-order valence-corrected chi connectivity index (χ4v) is 2.98. The van der Waals surface area contributed by atoms with Gasteiger partial charge in [-0.25, -0.2) is 0 Å². The number of nitrogens with zero attached hydrogens (tertiary/aromatic N) is 1. The number of hydrogen-bond acceptors (Lipinski definition) is 4. The molecule has 2 aromatic carbocycles. The molecule has 4 heteroatoms. The van der Waals surface area contributed by atoms with E-state index in [9.17, 15) is 4.79 Å². The highest BCUT2D eigenvalue weighted by molar-refractivity contribution is 7.21. The third kappa shape index (κ3) is 2.11. The van der Waals surface area contributed by atoms with Crippen molar-refractivity contribution in [2.45, 2.75) is 0 Å². The highest BCUT2D eigenvalue weighted by Crippen LogP contribution is 2.32. The number of benzene rings is 2. The van der Waals surface area contributed by atoms with E-state index in [1.807, 2.05) is 42.5 Å². The molecule has 0 saturated carbocycles. The summed E-state index contributed by atoms with van der Waals surface area (Å²) in [5, 5.41) is 1.34. The Morgan fingerprint density at radius 2 is 1.79 bits per heavy atom. The minimum absolute atomic E-state index is 0.199. The van der Waals surface area contributed by atoms with Gasteiger partial charge in [-0.3, -0.25) is 4.79 Å². The van der Waals surface area contributed by atoms with Crippen LogP contribution in [0.1, 0.15) is 0 Å². The van der Waals surface area contributed by atoms with Crippen LogP contribution in [-0.4, -0.2) is 12.1 Å². The summed E-state index contributed by atoms with van der Waals surface area (Å²) >= 11 is 1.49. The van der Waals surface area contributed by atoms with E-state index in [1.165, 1.54) is 11.3 Å². The Kier molecular flexibility index (Phi) is 3.01. The molecule has 0 N–H and O–H groups in total. The van der Waals surface area contributed by atoms with Crippen molar-refractivity contribution >= 4 is 21.4 Å². The van der Waals surface area contributed by atoms with Crippen molar-refractivity contribution in [1.82, 2.24) is 4.98 Å². The number of fused-ring (bicyclic) bond motifs is 1. The van der Waals surface area contributed by atoms with Crippen molar-refractivity contribution in [2.75, 3.05) is 7.11 Å². The monoisotopic (exact) mass is 269 g/mol. The normalized spacial score (nSPS) is 10.6. The second kappa shape index (κ2) is 4.82. The second-order valence-corrected chi connectivity index (χ2v) is 5.05. The standard InChI is InChI=1S/C15H11NO2S/c1-18-12-8-4-2-6-10(12)15-16-14(17)11-7-3-5-9-13(11)19-15/h2-9H,1H3. The average Bonchev–Trinajstić information content (AvgIpc) is 2.47. The molecule has 0 atom stereocenters. The van der Waals surface area contributed by atoms with E-state index in [2.05, 4.69) is 4.98 Å². The van der Waals surface area contributed by atoms with E-state index in [-0.39, 0.29) is 5.56 Å². The van der Waals surface area contributed by atoms with Crippen LogP contribution in [0.3, 0.4) is 0 Å². The lowest BCUT2D eigenvalue weighted by Gasteiger charge is -2.07. The number of methoxy groups -OCH3 is 1. The zero-order valence-electron chi connectivity index (χ0n) is 10.3. The van der Waals surface area contributed by atoms with Crippen molar-refractivity contribution in [2.24, 2.45) is 0 Å². The summed E-state index contributed by atoms with van der Waals surface area (Å²) in [7, 11) is 1.61. The fourth-order valence-electron chi connectivity index (χ4n) is 1.95. The van der Waals surface area contributed by atoms with Crippen LogP contribution in [0.15, 0.2) is 53.3 Å². The van der Waals surface area contributed by atoms with Gasteiger partial charge >= 0.3 is 0 Å². The third-order valence-electron chi connectivity index (χ3n) is 2.86.